The minimum atomic E-state index is 0.165. The molecule has 2 heterocycles. The summed E-state index contributed by atoms with van der Waals surface area (Å²) in [5.41, 5.74) is 3.12. The summed E-state index contributed by atoms with van der Waals surface area (Å²) >= 11 is 0. The van der Waals surface area contributed by atoms with Crippen molar-refractivity contribution in [2.45, 2.75) is 44.1 Å². The third kappa shape index (κ3) is 3.60. The largest absolute Gasteiger partial charge is 0.339 e. The van der Waals surface area contributed by atoms with E-state index in [1.807, 2.05) is 36.4 Å². The maximum Gasteiger partial charge on any atom is 0.246 e. The molecule has 0 radical (unpaired) electrons. The van der Waals surface area contributed by atoms with Crippen LogP contribution in [0.2, 0.25) is 0 Å². The normalized spacial score (nSPS) is 29.4. The summed E-state index contributed by atoms with van der Waals surface area (Å²) in [5, 5.41) is 0. The van der Waals surface area contributed by atoms with Gasteiger partial charge in [0.25, 0.3) is 0 Å². The number of hydrogen-bond acceptors (Lipinski definition) is 2. The Morgan fingerprint density at radius 2 is 1.47 bits per heavy atom. The highest BCUT2D eigenvalue weighted by Crippen LogP contribution is 2.53. The van der Waals surface area contributed by atoms with Crippen LogP contribution in [0.15, 0.2) is 66.7 Å². The topological polar surface area (TPSA) is 23.6 Å². The molecule has 0 unspecified atom stereocenters. The van der Waals surface area contributed by atoms with Crippen LogP contribution in [-0.2, 0) is 10.3 Å². The summed E-state index contributed by atoms with van der Waals surface area (Å²) < 4.78 is 0. The Balaban J connectivity index is 1.26. The second kappa shape index (κ2) is 8.03. The number of amides is 1. The van der Waals surface area contributed by atoms with Crippen molar-refractivity contribution in [2.24, 2.45) is 5.41 Å². The fraction of sp³-hybridized carbons (Fsp3) is 0.444. The average molecular weight is 401 g/mol. The molecule has 2 aliphatic heterocycles. The molecule has 0 N–H and O–H groups in total. The van der Waals surface area contributed by atoms with Crippen LogP contribution in [0.1, 0.15) is 49.7 Å². The predicted molar refractivity (Wildman–Crippen MR) is 122 cm³/mol. The second-order valence-corrected chi connectivity index (χ2v) is 9.49. The number of rotatable bonds is 4. The molecule has 1 saturated carbocycles. The second-order valence-electron chi connectivity index (χ2n) is 9.49. The molecule has 1 spiro atoms. The minimum Gasteiger partial charge on any atom is -0.339 e. The summed E-state index contributed by atoms with van der Waals surface area (Å²) in [4.78, 5) is 17.6. The fourth-order valence-corrected chi connectivity index (χ4v) is 5.84. The summed E-state index contributed by atoms with van der Waals surface area (Å²) in [6.45, 7) is 4.30. The van der Waals surface area contributed by atoms with E-state index in [1.165, 1.54) is 50.8 Å². The third-order valence-corrected chi connectivity index (χ3v) is 7.88. The Hall–Kier alpha value is -2.39. The lowest BCUT2D eigenvalue weighted by Crippen LogP contribution is -2.56. The van der Waals surface area contributed by atoms with Crippen molar-refractivity contribution in [3.63, 3.8) is 0 Å². The van der Waals surface area contributed by atoms with E-state index < -0.39 is 0 Å². The molecule has 2 aromatic rings. The van der Waals surface area contributed by atoms with Crippen LogP contribution < -0.4 is 0 Å². The molecule has 2 saturated heterocycles. The van der Waals surface area contributed by atoms with Gasteiger partial charge in [-0.05, 0) is 61.1 Å². The van der Waals surface area contributed by atoms with Crippen molar-refractivity contribution in [1.82, 2.24) is 9.80 Å². The Morgan fingerprint density at radius 3 is 2.10 bits per heavy atom. The molecular weight excluding hydrogens is 368 g/mol. The highest BCUT2D eigenvalue weighted by molar-refractivity contribution is 5.92. The van der Waals surface area contributed by atoms with E-state index in [0.29, 0.717) is 5.41 Å². The molecule has 0 bridgehead atoms. The smallest absolute Gasteiger partial charge is 0.246 e. The molecule has 0 atom stereocenters. The Morgan fingerprint density at radius 1 is 0.800 bits per heavy atom. The summed E-state index contributed by atoms with van der Waals surface area (Å²) in [6.07, 6.45) is 11.1. The molecule has 156 valence electrons. The lowest BCUT2D eigenvalue weighted by atomic mass is 9.63. The van der Waals surface area contributed by atoms with Crippen molar-refractivity contribution in [3.05, 3.63) is 77.9 Å². The van der Waals surface area contributed by atoms with E-state index in [4.69, 9.17) is 0 Å². The van der Waals surface area contributed by atoms with Crippen LogP contribution in [0.4, 0.5) is 0 Å². The van der Waals surface area contributed by atoms with Gasteiger partial charge in [-0.1, -0.05) is 60.7 Å². The molecule has 2 aromatic carbocycles. The minimum absolute atomic E-state index is 0.165. The summed E-state index contributed by atoms with van der Waals surface area (Å²) in [7, 11) is 0. The van der Waals surface area contributed by atoms with Crippen LogP contribution in [0, 0.1) is 5.41 Å². The molecule has 5 rings (SSSR count). The molecule has 1 amide bonds. The average Bonchev–Trinajstić information content (AvgIpc) is 3.18. The maximum atomic E-state index is 12.8. The maximum absolute atomic E-state index is 12.8. The number of nitrogens with zero attached hydrogens (tertiary/aromatic N) is 2. The molecule has 1 aliphatic carbocycles. The Labute approximate surface area is 180 Å². The lowest BCUT2D eigenvalue weighted by molar-refractivity contribution is -0.125. The Bertz CT molecular complexity index is 893. The number of likely N-dealkylation sites (tertiary alicyclic amines) is 2. The van der Waals surface area contributed by atoms with E-state index in [1.54, 1.807) is 6.08 Å². The first-order valence-electron chi connectivity index (χ1n) is 11.5. The number of hydrogen-bond donors (Lipinski definition) is 0. The van der Waals surface area contributed by atoms with Gasteiger partial charge in [-0.15, -0.1) is 0 Å². The molecular formula is C27H32N2O. The van der Waals surface area contributed by atoms with E-state index in [-0.39, 0.29) is 11.4 Å². The quantitative estimate of drug-likeness (QED) is 0.667. The summed E-state index contributed by atoms with van der Waals surface area (Å²) in [6, 6.07) is 21.3. The first kappa shape index (κ1) is 19.6. The summed E-state index contributed by atoms with van der Waals surface area (Å²) in [5.74, 6) is 0.165. The van der Waals surface area contributed by atoms with Gasteiger partial charge >= 0.3 is 0 Å². The van der Waals surface area contributed by atoms with Crippen molar-refractivity contribution in [1.29, 1.82) is 0 Å². The number of carbonyl (C=O) groups excluding carboxylic acids is 1. The van der Waals surface area contributed by atoms with Gasteiger partial charge in [0, 0.05) is 37.8 Å². The van der Waals surface area contributed by atoms with E-state index in [9.17, 15) is 4.79 Å². The van der Waals surface area contributed by atoms with Gasteiger partial charge in [0.2, 0.25) is 5.91 Å². The van der Waals surface area contributed by atoms with E-state index >= 15 is 0 Å². The standard InChI is InChI=1S/C27H32N2O/c30-25(13-12-23-8-3-1-4-9-23)28-21-18-26(22-28)14-16-27(17-15-26,29-19-7-20-29)24-10-5-2-6-11-24/h1-6,8-13H,7,14-22H2. The van der Waals surface area contributed by atoms with Crippen LogP contribution in [0.25, 0.3) is 6.08 Å². The van der Waals surface area contributed by atoms with Gasteiger partial charge in [-0.3, -0.25) is 9.69 Å². The van der Waals surface area contributed by atoms with Crippen molar-refractivity contribution >= 4 is 12.0 Å². The van der Waals surface area contributed by atoms with Crippen LogP contribution in [0.3, 0.4) is 0 Å². The van der Waals surface area contributed by atoms with Gasteiger partial charge < -0.3 is 4.90 Å². The van der Waals surface area contributed by atoms with E-state index in [2.05, 4.69) is 40.1 Å². The zero-order valence-corrected chi connectivity index (χ0v) is 17.8. The van der Waals surface area contributed by atoms with Crippen molar-refractivity contribution in [3.8, 4) is 0 Å². The van der Waals surface area contributed by atoms with Crippen LogP contribution in [-0.4, -0.2) is 41.9 Å². The lowest BCUT2D eigenvalue weighted by Gasteiger charge is -2.54. The molecule has 3 fully saturated rings. The van der Waals surface area contributed by atoms with Gasteiger partial charge in [-0.2, -0.15) is 0 Å². The van der Waals surface area contributed by atoms with Crippen LogP contribution >= 0.6 is 0 Å². The fourth-order valence-electron chi connectivity index (χ4n) is 5.84. The van der Waals surface area contributed by atoms with Gasteiger partial charge in [0.1, 0.15) is 0 Å². The monoisotopic (exact) mass is 400 g/mol. The SMILES string of the molecule is O=C(C=Cc1ccccc1)N1CCC2(CCC(c3ccccc3)(N3CCC3)CC2)C1. The molecule has 30 heavy (non-hydrogen) atoms. The molecule has 3 heteroatoms. The first-order valence-corrected chi connectivity index (χ1v) is 11.5. The highest BCUT2D eigenvalue weighted by atomic mass is 16.2. The van der Waals surface area contributed by atoms with Gasteiger partial charge in [0.05, 0.1) is 0 Å². The zero-order chi connectivity index (χ0) is 20.4. The Kier molecular flexibility index (Phi) is 5.24. The highest BCUT2D eigenvalue weighted by Gasteiger charge is 2.50. The molecule has 0 aromatic heterocycles. The third-order valence-electron chi connectivity index (χ3n) is 7.88. The van der Waals surface area contributed by atoms with Crippen molar-refractivity contribution in [2.75, 3.05) is 26.2 Å². The zero-order valence-electron chi connectivity index (χ0n) is 17.8. The number of benzene rings is 2. The molecule has 3 aliphatic rings. The van der Waals surface area contributed by atoms with Crippen LogP contribution in [0.5, 0.6) is 0 Å². The first-order chi connectivity index (χ1) is 14.7. The van der Waals surface area contributed by atoms with Gasteiger partial charge in [-0.25, -0.2) is 0 Å². The number of carbonyl (C=O) groups is 1. The predicted octanol–water partition coefficient (Wildman–Crippen LogP) is 5.09. The molecule has 3 nitrogen and oxygen atoms in total. The van der Waals surface area contributed by atoms with E-state index in [0.717, 1.165) is 25.1 Å². The van der Waals surface area contributed by atoms with Crippen molar-refractivity contribution < 1.29 is 4.79 Å². The van der Waals surface area contributed by atoms with Gasteiger partial charge in [0.15, 0.2) is 0 Å².